The van der Waals surface area contributed by atoms with Gasteiger partial charge in [0.25, 0.3) is 0 Å². The third kappa shape index (κ3) is 4.36. The Balaban J connectivity index is 1.30. The van der Waals surface area contributed by atoms with Crippen LogP contribution in [0.15, 0.2) is 30.3 Å². The number of benzene rings is 1. The Labute approximate surface area is 197 Å². The van der Waals surface area contributed by atoms with Gasteiger partial charge in [-0.15, -0.1) is 0 Å². The van der Waals surface area contributed by atoms with E-state index in [2.05, 4.69) is 38.1 Å². The fourth-order valence-electron chi connectivity index (χ4n) is 7.33. The second-order valence-electron chi connectivity index (χ2n) is 11.1. The molecule has 1 amide bonds. The molecule has 0 radical (unpaired) electrons. The first-order valence-electron chi connectivity index (χ1n) is 12.7. The van der Waals surface area contributed by atoms with Gasteiger partial charge < -0.3 is 24.2 Å². The van der Waals surface area contributed by atoms with Crippen LogP contribution in [0.4, 0.5) is 0 Å². The zero-order chi connectivity index (χ0) is 23.1. The summed E-state index contributed by atoms with van der Waals surface area (Å²) in [6.07, 6.45) is 4.36. The average molecular weight is 458 g/mol. The zero-order valence-electron chi connectivity index (χ0n) is 20.1. The Morgan fingerprint density at radius 1 is 1.09 bits per heavy atom. The molecule has 0 aromatic heterocycles. The van der Waals surface area contributed by atoms with Crippen molar-refractivity contribution in [2.45, 2.75) is 70.9 Å². The highest BCUT2D eigenvalue weighted by Crippen LogP contribution is 2.62. The lowest BCUT2D eigenvalue weighted by molar-refractivity contribution is -0.308. The summed E-state index contributed by atoms with van der Waals surface area (Å²) in [5.41, 5.74) is 1.04. The topological polar surface area (TPSA) is 68.2 Å². The average Bonchev–Trinajstić information content (AvgIpc) is 2.83. The van der Waals surface area contributed by atoms with Crippen LogP contribution in [-0.2, 0) is 25.4 Å². The Morgan fingerprint density at radius 3 is 2.61 bits per heavy atom. The molecule has 0 spiro atoms. The minimum Gasteiger partial charge on any atom is -0.393 e. The number of carbonyl (C=O) groups excluding carboxylic acids is 1. The molecule has 2 aliphatic carbocycles. The summed E-state index contributed by atoms with van der Waals surface area (Å²) in [4.78, 5) is 15.0. The maximum Gasteiger partial charge on any atom is 0.223 e. The molecule has 2 saturated heterocycles. The number of hydrogen-bond acceptors (Lipinski definition) is 5. The number of aliphatic hydroxyl groups excluding tert-OH is 1. The van der Waals surface area contributed by atoms with Crippen LogP contribution in [0.25, 0.3) is 0 Å². The number of amides is 1. The Morgan fingerprint density at radius 2 is 1.85 bits per heavy atom. The molecule has 1 aromatic carbocycles. The molecular formula is C27H39NO5. The zero-order valence-corrected chi connectivity index (χ0v) is 20.1. The van der Waals surface area contributed by atoms with E-state index >= 15 is 0 Å². The fourth-order valence-corrected chi connectivity index (χ4v) is 7.33. The largest absolute Gasteiger partial charge is 0.393 e. The van der Waals surface area contributed by atoms with Crippen molar-refractivity contribution in [3.8, 4) is 0 Å². The van der Waals surface area contributed by atoms with E-state index in [4.69, 9.17) is 14.2 Å². The van der Waals surface area contributed by atoms with Gasteiger partial charge in [0, 0.05) is 31.3 Å². The maximum absolute atomic E-state index is 13.1. The van der Waals surface area contributed by atoms with Gasteiger partial charge in [0.2, 0.25) is 5.91 Å². The number of rotatable bonds is 4. The number of fused-ring (bicyclic) bond motifs is 3. The Kier molecular flexibility index (Phi) is 6.55. The first-order chi connectivity index (χ1) is 15.9. The van der Waals surface area contributed by atoms with Crippen LogP contribution in [0.5, 0.6) is 0 Å². The van der Waals surface area contributed by atoms with Crippen LogP contribution in [0, 0.1) is 22.7 Å². The molecule has 0 bridgehead atoms. The second kappa shape index (κ2) is 9.29. The van der Waals surface area contributed by atoms with Crippen molar-refractivity contribution in [2.24, 2.45) is 22.7 Å². The SMILES string of the molecule is C[C@@]12CO[C@@H](Cc3ccccc3)O[C@H]1CC[C@]1(C)[C@@H]2CC[C@@H](O)[C@H]1CC(=O)N1CCOCC1. The van der Waals surface area contributed by atoms with Crippen LogP contribution in [0.1, 0.15) is 51.5 Å². The molecule has 0 unspecified atom stereocenters. The monoisotopic (exact) mass is 457 g/mol. The highest BCUT2D eigenvalue weighted by molar-refractivity contribution is 5.76. The van der Waals surface area contributed by atoms with Gasteiger partial charge >= 0.3 is 0 Å². The summed E-state index contributed by atoms with van der Waals surface area (Å²) in [5, 5.41) is 11.0. The number of morpholine rings is 1. The van der Waals surface area contributed by atoms with Gasteiger partial charge in [0.05, 0.1) is 32.0 Å². The molecule has 2 saturated carbocycles. The van der Waals surface area contributed by atoms with Crippen LogP contribution in [0.2, 0.25) is 0 Å². The number of carbonyl (C=O) groups is 1. The quantitative estimate of drug-likeness (QED) is 0.751. The molecule has 5 rings (SSSR count). The molecule has 6 nitrogen and oxygen atoms in total. The second-order valence-corrected chi connectivity index (χ2v) is 11.1. The third-order valence-electron chi connectivity index (χ3n) is 9.24. The summed E-state index contributed by atoms with van der Waals surface area (Å²) in [6.45, 7) is 7.84. The Bertz CT molecular complexity index is 827. The molecule has 6 heteroatoms. The highest BCUT2D eigenvalue weighted by Gasteiger charge is 2.61. The smallest absolute Gasteiger partial charge is 0.223 e. The number of nitrogens with zero attached hydrogens (tertiary/aromatic N) is 1. The molecule has 1 N–H and O–H groups in total. The number of hydrogen-bond donors (Lipinski definition) is 1. The van der Waals surface area contributed by atoms with Crippen molar-refractivity contribution in [3.63, 3.8) is 0 Å². The van der Waals surface area contributed by atoms with Gasteiger partial charge in [0.15, 0.2) is 6.29 Å². The van der Waals surface area contributed by atoms with Gasteiger partial charge in [-0.05, 0) is 48.5 Å². The number of ether oxygens (including phenoxy) is 3. The van der Waals surface area contributed by atoms with Gasteiger partial charge in [-0.2, -0.15) is 0 Å². The molecular weight excluding hydrogens is 418 g/mol. The first-order valence-corrected chi connectivity index (χ1v) is 12.7. The van der Waals surface area contributed by atoms with Gasteiger partial charge in [-0.1, -0.05) is 44.2 Å². The van der Waals surface area contributed by atoms with Gasteiger partial charge in [0.1, 0.15) is 0 Å². The van der Waals surface area contributed by atoms with Crippen molar-refractivity contribution in [1.82, 2.24) is 4.90 Å². The standard InChI is InChI=1S/C27H39NO5/c1-26-11-10-23-27(2,18-32-25(33-23)16-19-6-4-3-5-7-19)22(26)9-8-21(29)20(26)17-24(30)28-12-14-31-15-13-28/h3-7,20-23,25,29H,8-18H2,1-2H3/t20-,21-,22+,23+,25-,26+,27+/m1/s1. The maximum atomic E-state index is 13.1. The van der Waals surface area contributed by atoms with E-state index in [-0.39, 0.29) is 35.0 Å². The van der Waals surface area contributed by atoms with Crippen molar-refractivity contribution in [3.05, 3.63) is 35.9 Å². The van der Waals surface area contributed by atoms with E-state index in [0.717, 1.165) is 32.1 Å². The van der Waals surface area contributed by atoms with Crippen LogP contribution >= 0.6 is 0 Å². The lowest BCUT2D eigenvalue weighted by Gasteiger charge is -2.63. The summed E-state index contributed by atoms with van der Waals surface area (Å²) in [5.74, 6) is 0.509. The predicted octanol–water partition coefficient (Wildman–Crippen LogP) is 3.41. The predicted molar refractivity (Wildman–Crippen MR) is 124 cm³/mol. The van der Waals surface area contributed by atoms with Crippen molar-refractivity contribution >= 4 is 5.91 Å². The van der Waals surface area contributed by atoms with Crippen molar-refractivity contribution < 1.29 is 24.1 Å². The summed E-state index contributed by atoms with van der Waals surface area (Å²) in [6, 6.07) is 10.4. The molecule has 2 aliphatic heterocycles. The van der Waals surface area contributed by atoms with Gasteiger partial charge in [-0.3, -0.25) is 4.79 Å². The first kappa shape index (κ1) is 23.3. The van der Waals surface area contributed by atoms with Crippen molar-refractivity contribution in [1.29, 1.82) is 0 Å². The van der Waals surface area contributed by atoms with E-state index < -0.39 is 6.10 Å². The van der Waals surface area contributed by atoms with Gasteiger partial charge in [-0.25, -0.2) is 0 Å². The summed E-state index contributed by atoms with van der Waals surface area (Å²) in [7, 11) is 0. The minimum absolute atomic E-state index is 0.0218. The molecule has 33 heavy (non-hydrogen) atoms. The van der Waals surface area contributed by atoms with E-state index in [1.165, 1.54) is 5.56 Å². The fraction of sp³-hybridized carbons (Fsp3) is 0.741. The normalized spacial score (nSPS) is 41.2. The lowest BCUT2D eigenvalue weighted by atomic mass is 9.46. The highest BCUT2D eigenvalue weighted by atomic mass is 16.7. The molecule has 7 atom stereocenters. The van der Waals surface area contributed by atoms with Crippen LogP contribution < -0.4 is 0 Å². The van der Waals surface area contributed by atoms with E-state index in [0.29, 0.717) is 45.2 Å². The molecule has 182 valence electrons. The van der Waals surface area contributed by atoms with E-state index in [9.17, 15) is 9.90 Å². The van der Waals surface area contributed by atoms with Crippen LogP contribution in [-0.4, -0.2) is 67.3 Å². The molecule has 4 fully saturated rings. The summed E-state index contributed by atoms with van der Waals surface area (Å²) < 4.78 is 18.3. The Hall–Kier alpha value is -1.47. The minimum atomic E-state index is -0.423. The van der Waals surface area contributed by atoms with E-state index in [1.807, 2.05) is 11.0 Å². The molecule has 1 aromatic rings. The summed E-state index contributed by atoms with van der Waals surface area (Å²) >= 11 is 0. The number of aliphatic hydroxyl groups is 1. The van der Waals surface area contributed by atoms with E-state index in [1.54, 1.807) is 0 Å². The molecule has 2 heterocycles. The van der Waals surface area contributed by atoms with Crippen LogP contribution in [0.3, 0.4) is 0 Å². The van der Waals surface area contributed by atoms with Crippen molar-refractivity contribution in [2.75, 3.05) is 32.9 Å². The lowest BCUT2D eigenvalue weighted by Crippen LogP contribution is -2.63. The third-order valence-corrected chi connectivity index (χ3v) is 9.24. The molecule has 4 aliphatic rings.